The second kappa shape index (κ2) is 7.97. The fourth-order valence-electron chi connectivity index (χ4n) is 2.74. The highest BCUT2D eigenvalue weighted by Crippen LogP contribution is 2.16. The Labute approximate surface area is 142 Å². The van der Waals surface area contributed by atoms with Crippen LogP contribution in [-0.2, 0) is 16.1 Å². The number of esters is 1. The number of aryl methyl sites for hydroxylation is 1. The van der Waals surface area contributed by atoms with Crippen LogP contribution in [0.1, 0.15) is 25.0 Å². The van der Waals surface area contributed by atoms with Crippen molar-refractivity contribution in [3.63, 3.8) is 0 Å². The van der Waals surface area contributed by atoms with Crippen molar-refractivity contribution in [2.45, 2.75) is 33.4 Å². The van der Waals surface area contributed by atoms with Crippen molar-refractivity contribution in [1.29, 1.82) is 0 Å². The molecule has 0 bridgehead atoms. The van der Waals surface area contributed by atoms with Gasteiger partial charge in [0.2, 0.25) is 0 Å². The molecule has 0 unspecified atom stereocenters. The Hall–Kier alpha value is -2.34. The summed E-state index contributed by atoms with van der Waals surface area (Å²) in [5.41, 5.74) is 3.47. The highest BCUT2D eigenvalue weighted by Gasteiger charge is 2.29. The maximum atomic E-state index is 12.2. The molecule has 6 heteroatoms. The number of carbonyl (C=O) groups excluding carboxylic acids is 2. The van der Waals surface area contributed by atoms with E-state index in [1.165, 1.54) is 11.1 Å². The van der Waals surface area contributed by atoms with Crippen LogP contribution in [0.4, 0.5) is 4.79 Å². The van der Waals surface area contributed by atoms with E-state index in [4.69, 9.17) is 4.74 Å². The minimum atomic E-state index is -0.392. The van der Waals surface area contributed by atoms with Crippen LogP contribution in [0.15, 0.2) is 35.5 Å². The molecule has 1 heterocycles. The highest BCUT2D eigenvalue weighted by molar-refractivity contribution is 5.94. The summed E-state index contributed by atoms with van der Waals surface area (Å²) >= 11 is 0. The Balaban J connectivity index is 2.15. The van der Waals surface area contributed by atoms with Gasteiger partial charge in [0, 0.05) is 18.8 Å². The largest absolute Gasteiger partial charge is 0.463 e. The number of nitrogens with one attached hydrogen (secondary N) is 2. The van der Waals surface area contributed by atoms with E-state index in [0.717, 1.165) is 6.54 Å². The van der Waals surface area contributed by atoms with Gasteiger partial charge in [-0.2, -0.15) is 0 Å². The zero-order valence-corrected chi connectivity index (χ0v) is 14.7. The third-order valence-electron chi connectivity index (χ3n) is 3.87. The van der Waals surface area contributed by atoms with Crippen LogP contribution in [0.3, 0.4) is 0 Å². The zero-order valence-electron chi connectivity index (χ0n) is 14.7. The molecule has 6 nitrogen and oxygen atoms in total. The summed E-state index contributed by atoms with van der Waals surface area (Å²) < 4.78 is 5.12. The minimum absolute atomic E-state index is 0.297. The van der Waals surface area contributed by atoms with E-state index in [1.54, 1.807) is 13.8 Å². The molecular weight excluding hydrogens is 306 g/mol. The number of ether oxygens (including phenoxy) is 1. The first-order valence-electron chi connectivity index (χ1n) is 8.12. The fourth-order valence-corrected chi connectivity index (χ4v) is 2.74. The lowest BCUT2D eigenvalue weighted by molar-refractivity contribution is -0.139. The predicted octanol–water partition coefficient (Wildman–Crippen LogP) is 1.95. The van der Waals surface area contributed by atoms with Crippen LogP contribution in [0, 0.1) is 6.92 Å². The molecule has 1 aromatic carbocycles. The molecule has 0 spiro atoms. The second-order valence-corrected chi connectivity index (χ2v) is 6.09. The highest BCUT2D eigenvalue weighted by atomic mass is 16.5. The molecule has 2 amide bonds. The van der Waals surface area contributed by atoms with Crippen molar-refractivity contribution < 1.29 is 14.3 Å². The third kappa shape index (κ3) is 4.58. The Morgan fingerprint density at radius 1 is 1.25 bits per heavy atom. The van der Waals surface area contributed by atoms with Crippen molar-refractivity contribution in [2.24, 2.45) is 0 Å². The molecule has 130 valence electrons. The van der Waals surface area contributed by atoms with Crippen LogP contribution >= 0.6 is 0 Å². The topological polar surface area (TPSA) is 70.7 Å². The summed E-state index contributed by atoms with van der Waals surface area (Å²) in [6.45, 7) is 7.08. The van der Waals surface area contributed by atoms with Crippen molar-refractivity contribution in [3.8, 4) is 0 Å². The Kier molecular flexibility index (Phi) is 5.98. The number of benzene rings is 1. The van der Waals surface area contributed by atoms with E-state index in [-0.39, 0.29) is 12.1 Å². The van der Waals surface area contributed by atoms with E-state index in [1.807, 2.05) is 7.05 Å². The Bertz CT molecular complexity index is 637. The molecule has 0 saturated heterocycles. The lowest BCUT2D eigenvalue weighted by atomic mass is 10.0. The molecule has 1 aliphatic heterocycles. The average Bonchev–Trinajstić information content (AvgIpc) is 2.49. The summed E-state index contributed by atoms with van der Waals surface area (Å²) in [6.07, 6.45) is 0. The van der Waals surface area contributed by atoms with Crippen molar-refractivity contribution in [2.75, 3.05) is 20.2 Å². The summed E-state index contributed by atoms with van der Waals surface area (Å²) in [6, 6.07) is 7.63. The van der Waals surface area contributed by atoms with E-state index < -0.39 is 5.97 Å². The first kappa shape index (κ1) is 18.0. The van der Waals surface area contributed by atoms with E-state index in [0.29, 0.717) is 24.4 Å². The number of carbonyl (C=O) groups is 2. The number of urea groups is 1. The molecular formula is C18H25N3O3. The molecule has 2 N–H and O–H groups in total. The normalized spacial score (nSPS) is 17.5. The van der Waals surface area contributed by atoms with Gasteiger partial charge in [-0.15, -0.1) is 0 Å². The van der Waals surface area contributed by atoms with Gasteiger partial charge in [0.05, 0.1) is 18.2 Å². The number of hydrogen-bond donors (Lipinski definition) is 2. The van der Waals surface area contributed by atoms with Gasteiger partial charge >= 0.3 is 12.0 Å². The first-order valence-corrected chi connectivity index (χ1v) is 8.12. The maximum Gasteiger partial charge on any atom is 0.337 e. The van der Waals surface area contributed by atoms with Crippen molar-refractivity contribution in [3.05, 3.63) is 46.7 Å². The average molecular weight is 331 g/mol. The molecule has 0 fully saturated rings. The van der Waals surface area contributed by atoms with Gasteiger partial charge in [-0.25, -0.2) is 9.59 Å². The summed E-state index contributed by atoms with van der Waals surface area (Å²) in [5.74, 6) is -0.392. The molecule has 2 rings (SSSR count). The maximum absolute atomic E-state index is 12.2. The Morgan fingerprint density at radius 3 is 2.54 bits per heavy atom. The lowest BCUT2D eigenvalue weighted by Crippen LogP contribution is -2.51. The van der Waals surface area contributed by atoms with Crippen LogP contribution in [-0.4, -0.2) is 43.1 Å². The quantitative estimate of drug-likeness (QED) is 0.782. The van der Waals surface area contributed by atoms with Crippen LogP contribution in [0.2, 0.25) is 0 Å². The van der Waals surface area contributed by atoms with Crippen molar-refractivity contribution in [1.82, 2.24) is 15.5 Å². The third-order valence-corrected chi connectivity index (χ3v) is 3.87. The number of hydrogen-bond acceptors (Lipinski definition) is 4. The first-order chi connectivity index (χ1) is 11.4. The zero-order chi connectivity index (χ0) is 17.7. The molecule has 1 atom stereocenters. The summed E-state index contributed by atoms with van der Waals surface area (Å²) in [5, 5.41) is 5.45. The molecule has 0 aliphatic carbocycles. The lowest BCUT2D eigenvalue weighted by Gasteiger charge is -2.29. The van der Waals surface area contributed by atoms with Gasteiger partial charge < -0.3 is 15.4 Å². The van der Waals surface area contributed by atoms with Gasteiger partial charge in [0.25, 0.3) is 0 Å². The summed E-state index contributed by atoms with van der Waals surface area (Å²) in [4.78, 5) is 26.0. The van der Waals surface area contributed by atoms with Gasteiger partial charge in [-0.3, -0.25) is 4.90 Å². The number of rotatable bonds is 6. The standard InChI is InChI=1S/C18H25N3O3/c1-5-24-17(22)16-13(3)19-18(23)20-15(16)11-21(4)10-14-8-6-12(2)7-9-14/h6-9,13H,5,10-11H2,1-4H3,(H2,19,20,23)/t13-/m0/s1. The molecule has 0 radical (unpaired) electrons. The molecule has 0 aromatic heterocycles. The van der Waals surface area contributed by atoms with E-state index >= 15 is 0 Å². The molecule has 24 heavy (non-hydrogen) atoms. The summed E-state index contributed by atoms with van der Waals surface area (Å²) in [7, 11) is 1.95. The number of amides is 2. The minimum Gasteiger partial charge on any atom is -0.463 e. The Morgan fingerprint density at radius 2 is 1.92 bits per heavy atom. The smallest absolute Gasteiger partial charge is 0.337 e. The van der Waals surface area contributed by atoms with Gasteiger partial charge in [-0.1, -0.05) is 29.8 Å². The van der Waals surface area contributed by atoms with Crippen molar-refractivity contribution >= 4 is 12.0 Å². The monoisotopic (exact) mass is 331 g/mol. The number of likely N-dealkylation sites (N-methyl/N-ethyl adjacent to an activating group) is 1. The molecule has 1 aromatic rings. The van der Waals surface area contributed by atoms with E-state index in [9.17, 15) is 9.59 Å². The van der Waals surface area contributed by atoms with Gasteiger partial charge in [-0.05, 0) is 33.4 Å². The van der Waals surface area contributed by atoms with Gasteiger partial charge in [0.1, 0.15) is 0 Å². The van der Waals surface area contributed by atoms with Crippen LogP contribution < -0.4 is 10.6 Å². The predicted molar refractivity (Wildman–Crippen MR) is 92.3 cm³/mol. The van der Waals surface area contributed by atoms with Crippen LogP contribution in [0.5, 0.6) is 0 Å². The van der Waals surface area contributed by atoms with E-state index in [2.05, 4.69) is 46.7 Å². The SMILES string of the molecule is CCOC(=O)C1=C(CN(C)Cc2ccc(C)cc2)NC(=O)N[C@H]1C. The fraction of sp³-hybridized carbons (Fsp3) is 0.444. The molecule has 0 saturated carbocycles. The number of nitrogens with zero attached hydrogens (tertiary/aromatic N) is 1. The molecule has 1 aliphatic rings. The van der Waals surface area contributed by atoms with Crippen LogP contribution in [0.25, 0.3) is 0 Å². The second-order valence-electron chi connectivity index (χ2n) is 6.09. The van der Waals surface area contributed by atoms with Gasteiger partial charge in [0.15, 0.2) is 0 Å².